The minimum Gasteiger partial charge on any atom is -0.520 e. The summed E-state index contributed by atoms with van der Waals surface area (Å²) in [5.41, 5.74) is -2.28. The fraction of sp³-hybridized carbons (Fsp3) is 0.800. The van der Waals surface area contributed by atoms with Crippen molar-refractivity contribution in [2.45, 2.75) is 77.4 Å². The first-order chi connectivity index (χ1) is 10.8. The van der Waals surface area contributed by atoms with Crippen LogP contribution in [0.15, 0.2) is 0 Å². The van der Waals surface area contributed by atoms with E-state index in [2.05, 4.69) is 0 Å². The van der Waals surface area contributed by atoms with Crippen molar-refractivity contribution in [2.24, 2.45) is 0 Å². The number of hydrogen-bond donors (Lipinski definition) is 1. The second kappa shape index (κ2) is 8.14. The largest absolute Gasteiger partial charge is 0.520 e. The maximum absolute atomic E-state index is 12.5. The van der Waals surface area contributed by atoms with Crippen LogP contribution in [0.25, 0.3) is 0 Å². The van der Waals surface area contributed by atoms with Gasteiger partial charge < -0.3 is 18.4 Å². The van der Waals surface area contributed by atoms with E-state index in [1.165, 1.54) is 0 Å². The standard InChI is InChI=1S/C15H32O7Si3/c1-23(2,3)20-12(16)10-15(19,14(18)22-25(7,8)9)11-13(17)21-24(4,5)6/h19H,10-11H2,1-9H3. The lowest BCUT2D eigenvalue weighted by atomic mass is 9.96. The summed E-state index contributed by atoms with van der Waals surface area (Å²) in [4.78, 5) is 36.7. The summed E-state index contributed by atoms with van der Waals surface area (Å²) < 4.78 is 15.9. The Morgan fingerprint density at radius 2 is 0.960 bits per heavy atom. The number of rotatable bonds is 8. The fourth-order valence-corrected chi connectivity index (χ4v) is 4.07. The first-order valence-electron chi connectivity index (χ1n) is 8.22. The molecule has 0 rings (SSSR count). The molecule has 0 radical (unpaired) electrons. The molecule has 0 aliphatic heterocycles. The summed E-state index contributed by atoms with van der Waals surface area (Å²) >= 11 is 0. The van der Waals surface area contributed by atoms with Crippen LogP contribution < -0.4 is 0 Å². The average Bonchev–Trinajstić information content (AvgIpc) is 2.19. The van der Waals surface area contributed by atoms with Gasteiger partial charge in [-0.25, -0.2) is 0 Å². The highest BCUT2D eigenvalue weighted by molar-refractivity contribution is 6.72. The third kappa shape index (κ3) is 11.3. The molecule has 146 valence electrons. The average molecular weight is 409 g/mol. The number of aliphatic hydroxyl groups is 1. The summed E-state index contributed by atoms with van der Waals surface area (Å²) in [5.74, 6) is -2.43. The molecule has 0 aromatic heterocycles. The lowest BCUT2D eigenvalue weighted by molar-refractivity contribution is -0.167. The Bertz CT molecular complexity index is 483. The van der Waals surface area contributed by atoms with Crippen molar-refractivity contribution in [2.75, 3.05) is 0 Å². The fourth-order valence-electron chi connectivity index (χ4n) is 1.81. The van der Waals surface area contributed by atoms with Crippen molar-refractivity contribution in [1.29, 1.82) is 0 Å². The van der Waals surface area contributed by atoms with Gasteiger partial charge in [-0.15, -0.1) is 0 Å². The molecule has 0 unspecified atom stereocenters. The Morgan fingerprint density at radius 3 is 1.20 bits per heavy atom. The van der Waals surface area contributed by atoms with Gasteiger partial charge in [0.15, 0.2) is 5.60 Å². The van der Waals surface area contributed by atoms with E-state index in [1.807, 2.05) is 39.3 Å². The number of carbonyl (C=O) groups is 3. The smallest absolute Gasteiger partial charge is 0.326 e. The molecule has 0 aromatic rings. The summed E-state index contributed by atoms with van der Waals surface area (Å²) in [7, 11) is -6.71. The number of carbonyl (C=O) groups excluding carboxylic acids is 3. The van der Waals surface area contributed by atoms with E-state index < -0.39 is 61.3 Å². The predicted molar refractivity (Wildman–Crippen MR) is 102 cm³/mol. The SMILES string of the molecule is C[Si](C)(C)OC(=O)CC(O)(CC(=O)O[Si](C)(C)C)C(=O)O[Si](C)(C)C. The van der Waals surface area contributed by atoms with E-state index in [0.717, 1.165) is 0 Å². The van der Waals surface area contributed by atoms with E-state index >= 15 is 0 Å². The van der Waals surface area contributed by atoms with Crippen molar-refractivity contribution in [3.63, 3.8) is 0 Å². The molecular formula is C15H32O7Si3. The molecule has 0 atom stereocenters. The van der Waals surface area contributed by atoms with Gasteiger partial charge in [-0.05, 0) is 58.9 Å². The maximum Gasteiger partial charge on any atom is 0.326 e. The van der Waals surface area contributed by atoms with Crippen molar-refractivity contribution < 1.29 is 32.8 Å². The Kier molecular flexibility index (Phi) is 7.83. The third-order valence-corrected chi connectivity index (χ3v) is 4.97. The molecule has 0 fully saturated rings. The normalized spacial score (nSPS) is 13.2. The molecular weight excluding hydrogens is 376 g/mol. The van der Waals surface area contributed by atoms with E-state index in [1.54, 1.807) is 19.6 Å². The molecule has 0 saturated carbocycles. The Balaban J connectivity index is 5.39. The van der Waals surface area contributed by atoms with Gasteiger partial charge in [0.1, 0.15) is 0 Å². The zero-order valence-electron chi connectivity index (χ0n) is 16.8. The monoisotopic (exact) mass is 408 g/mol. The molecule has 0 bridgehead atoms. The van der Waals surface area contributed by atoms with Crippen molar-refractivity contribution in [3.8, 4) is 0 Å². The van der Waals surface area contributed by atoms with Crippen molar-refractivity contribution in [1.82, 2.24) is 0 Å². The molecule has 0 saturated heterocycles. The van der Waals surface area contributed by atoms with Gasteiger partial charge >= 0.3 is 5.97 Å². The molecule has 0 aromatic carbocycles. The molecule has 1 N–H and O–H groups in total. The molecule has 0 heterocycles. The van der Waals surface area contributed by atoms with E-state index in [4.69, 9.17) is 13.3 Å². The van der Waals surface area contributed by atoms with Gasteiger partial charge in [-0.2, -0.15) is 0 Å². The van der Waals surface area contributed by atoms with Crippen LogP contribution in [0.1, 0.15) is 12.8 Å². The summed E-state index contributed by atoms with van der Waals surface area (Å²) in [6.45, 7) is 16.2. The van der Waals surface area contributed by atoms with Crippen LogP contribution in [0, 0.1) is 0 Å². The number of hydrogen-bond acceptors (Lipinski definition) is 7. The van der Waals surface area contributed by atoms with Gasteiger partial charge in [-0.3, -0.25) is 14.4 Å². The zero-order valence-corrected chi connectivity index (χ0v) is 19.8. The second-order valence-electron chi connectivity index (χ2n) is 9.06. The van der Waals surface area contributed by atoms with Crippen LogP contribution in [-0.2, 0) is 27.7 Å². The first-order valence-corrected chi connectivity index (χ1v) is 18.4. The van der Waals surface area contributed by atoms with E-state index in [0.29, 0.717) is 0 Å². The highest BCUT2D eigenvalue weighted by atomic mass is 28.4. The highest BCUT2D eigenvalue weighted by Crippen LogP contribution is 2.24. The van der Waals surface area contributed by atoms with Gasteiger partial charge in [0.25, 0.3) is 11.9 Å². The van der Waals surface area contributed by atoms with Crippen LogP contribution in [0.4, 0.5) is 0 Å². The quantitative estimate of drug-likeness (QED) is 0.616. The first kappa shape index (κ1) is 24.0. The van der Waals surface area contributed by atoms with Crippen molar-refractivity contribution in [3.05, 3.63) is 0 Å². The summed E-state index contributed by atoms with van der Waals surface area (Å²) in [6, 6.07) is 0. The molecule has 0 aliphatic carbocycles. The van der Waals surface area contributed by atoms with Gasteiger partial charge in [-0.1, -0.05) is 0 Å². The van der Waals surface area contributed by atoms with Gasteiger partial charge in [0.05, 0.1) is 12.8 Å². The topological polar surface area (TPSA) is 99.1 Å². The summed E-state index contributed by atoms with van der Waals surface area (Å²) in [6.07, 6.45) is -1.28. The van der Waals surface area contributed by atoms with Crippen molar-refractivity contribution >= 4 is 42.9 Å². The van der Waals surface area contributed by atoms with E-state index in [9.17, 15) is 19.5 Å². The van der Waals surface area contributed by atoms with Crippen LogP contribution in [0.3, 0.4) is 0 Å². The van der Waals surface area contributed by atoms with Crippen LogP contribution in [0.5, 0.6) is 0 Å². The zero-order chi connectivity index (χ0) is 20.3. The minimum atomic E-state index is -2.32. The molecule has 0 amide bonds. The second-order valence-corrected chi connectivity index (χ2v) is 22.3. The van der Waals surface area contributed by atoms with E-state index in [-0.39, 0.29) is 0 Å². The highest BCUT2D eigenvalue weighted by Gasteiger charge is 2.45. The Labute approximate surface area is 153 Å². The van der Waals surface area contributed by atoms with Crippen LogP contribution in [-0.4, -0.2) is 53.6 Å². The Hall–Kier alpha value is -0.979. The molecule has 10 heteroatoms. The lowest BCUT2D eigenvalue weighted by Gasteiger charge is -2.30. The summed E-state index contributed by atoms with van der Waals surface area (Å²) in [5, 5.41) is 10.8. The third-order valence-electron chi connectivity index (χ3n) is 2.49. The predicted octanol–water partition coefficient (Wildman–Crippen LogP) is 2.63. The molecule has 0 spiro atoms. The lowest BCUT2D eigenvalue weighted by Crippen LogP contribution is -2.49. The molecule has 25 heavy (non-hydrogen) atoms. The molecule has 0 aliphatic rings. The van der Waals surface area contributed by atoms with Gasteiger partial charge in [0, 0.05) is 0 Å². The Morgan fingerprint density at radius 1 is 0.680 bits per heavy atom. The maximum atomic E-state index is 12.5. The van der Waals surface area contributed by atoms with Crippen LogP contribution in [0.2, 0.25) is 58.9 Å². The van der Waals surface area contributed by atoms with Gasteiger partial charge in [0.2, 0.25) is 25.0 Å². The minimum absolute atomic E-state index is 0.638. The molecule has 7 nitrogen and oxygen atoms in total. The van der Waals surface area contributed by atoms with Crippen LogP contribution >= 0.6 is 0 Å².